The average molecular weight is 486 g/mol. The standard InChI is InChI=1S/C27H31N7O2/c1-20-6-7-21(17-24(20)31-27-29-10-8-23(30-27)22-5-4-9-28-18-22)26(36)34-15-13-32(14-16-34)19-25(35)33-11-2-3-12-33/h4-10,17-18H,2-3,11-16,19H2,1H3,(H,29,30,31). The Kier molecular flexibility index (Phi) is 7.18. The molecule has 1 aromatic carbocycles. The van der Waals surface area contributed by atoms with Gasteiger partial charge in [0.1, 0.15) is 0 Å². The molecular weight excluding hydrogens is 454 g/mol. The summed E-state index contributed by atoms with van der Waals surface area (Å²) in [5, 5.41) is 3.27. The fraction of sp³-hybridized carbons (Fsp3) is 0.370. The van der Waals surface area contributed by atoms with Gasteiger partial charge in [0.25, 0.3) is 5.91 Å². The monoisotopic (exact) mass is 485 g/mol. The summed E-state index contributed by atoms with van der Waals surface area (Å²) in [6, 6.07) is 11.3. The Morgan fingerprint density at radius 2 is 1.75 bits per heavy atom. The van der Waals surface area contributed by atoms with Gasteiger partial charge in [0, 0.05) is 74.7 Å². The van der Waals surface area contributed by atoms with E-state index in [9.17, 15) is 9.59 Å². The second kappa shape index (κ2) is 10.8. The first-order chi connectivity index (χ1) is 17.6. The molecule has 4 heterocycles. The zero-order valence-electron chi connectivity index (χ0n) is 20.6. The normalized spacial score (nSPS) is 16.2. The van der Waals surface area contributed by atoms with E-state index in [0.717, 1.165) is 48.4 Å². The lowest BCUT2D eigenvalue weighted by molar-refractivity contribution is -0.131. The number of pyridine rings is 1. The minimum Gasteiger partial charge on any atom is -0.342 e. The first-order valence-corrected chi connectivity index (χ1v) is 12.5. The second-order valence-corrected chi connectivity index (χ2v) is 9.32. The summed E-state index contributed by atoms with van der Waals surface area (Å²) in [5.74, 6) is 0.658. The van der Waals surface area contributed by atoms with Crippen molar-refractivity contribution in [3.05, 3.63) is 66.1 Å². The van der Waals surface area contributed by atoms with Gasteiger partial charge in [-0.15, -0.1) is 0 Å². The van der Waals surface area contributed by atoms with Crippen LogP contribution in [-0.4, -0.2) is 87.3 Å². The number of aryl methyl sites for hydroxylation is 1. The van der Waals surface area contributed by atoms with Crippen molar-refractivity contribution in [1.82, 2.24) is 29.7 Å². The Morgan fingerprint density at radius 3 is 2.50 bits per heavy atom. The molecule has 0 saturated carbocycles. The highest BCUT2D eigenvalue weighted by Gasteiger charge is 2.26. The number of anilines is 2. The fourth-order valence-corrected chi connectivity index (χ4v) is 4.65. The maximum atomic E-state index is 13.3. The van der Waals surface area contributed by atoms with E-state index in [0.29, 0.717) is 44.2 Å². The maximum absolute atomic E-state index is 13.3. The molecule has 0 unspecified atom stereocenters. The Balaban J connectivity index is 1.22. The molecule has 0 atom stereocenters. The summed E-state index contributed by atoms with van der Waals surface area (Å²) in [7, 11) is 0. The van der Waals surface area contributed by atoms with E-state index in [1.165, 1.54) is 0 Å². The zero-order valence-corrected chi connectivity index (χ0v) is 20.6. The maximum Gasteiger partial charge on any atom is 0.254 e. The molecule has 186 valence electrons. The number of amides is 2. The van der Waals surface area contributed by atoms with E-state index in [1.807, 2.05) is 53.1 Å². The van der Waals surface area contributed by atoms with Gasteiger partial charge in [-0.25, -0.2) is 9.97 Å². The molecule has 3 aromatic rings. The van der Waals surface area contributed by atoms with Crippen LogP contribution in [0, 0.1) is 6.92 Å². The SMILES string of the molecule is Cc1ccc(C(=O)N2CCN(CC(=O)N3CCCC3)CC2)cc1Nc1nccc(-c2cccnc2)n1. The number of likely N-dealkylation sites (tertiary alicyclic amines) is 1. The Hall–Kier alpha value is -3.85. The van der Waals surface area contributed by atoms with E-state index < -0.39 is 0 Å². The molecule has 2 fully saturated rings. The van der Waals surface area contributed by atoms with Crippen LogP contribution in [0.2, 0.25) is 0 Å². The van der Waals surface area contributed by atoms with Crippen LogP contribution in [0.3, 0.4) is 0 Å². The second-order valence-electron chi connectivity index (χ2n) is 9.32. The van der Waals surface area contributed by atoms with Crippen molar-refractivity contribution in [3.8, 4) is 11.3 Å². The summed E-state index contributed by atoms with van der Waals surface area (Å²) in [6.45, 7) is 6.81. The van der Waals surface area contributed by atoms with Gasteiger partial charge in [-0.1, -0.05) is 6.07 Å². The highest BCUT2D eigenvalue weighted by molar-refractivity contribution is 5.95. The zero-order chi connectivity index (χ0) is 24.9. The molecule has 0 aliphatic carbocycles. The summed E-state index contributed by atoms with van der Waals surface area (Å²) in [4.78, 5) is 44.8. The van der Waals surface area contributed by atoms with Crippen LogP contribution in [0.5, 0.6) is 0 Å². The van der Waals surface area contributed by atoms with E-state index in [2.05, 4.69) is 25.2 Å². The number of hydrogen-bond acceptors (Lipinski definition) is 7. The van der Waals surface area contributed by atoms with Crippen LogP contribution in [0.4, 0.5) is 11.6 Å². The van der Waals surface area contributed by atoms with Gasteiger partial charge in [-0.05, 0) is 55.7 Å². The third-order valence-electron chi connectivity index (χ3n) is 6.82. The van der Waals surface area contributed by atoms with Crippen molar-refractivity contribution in [2.75, 3.05) is 51.1 Å². The predicted octanol–water partition coefficient (Wildman–Crippen LogP) is 2.97. The fourth-order valence-electron chi connectivity index (χ4n) is 4.65. The molecule has 2 aliphatic rings. The molecule has 9 heteroatoms. The largest absolute Gasteiger partial charge is 0.342 e. The van der Waals surface area contributed by atoms with Crippen molar-refractivity contribution in [1.29, 1.82) is 0 Å². The minimum atomic E-state index is -0.00593. The first kappa shape index (κ1) is 23.9. The van der Waals surface area contributed by atoms with Gasteiger partial charge in [-0.3, -0.25) is 19.5 Å². The molecule has 36 heavy (non-hydrogen) atoms. The Bertz CT molecular complexity index is 1220. The molecule has 2 aromatic heterocycles. The van der Waals surface area contributed by atoms with Crippen LogP contribution in [0.15, 0.2) is 55.0 Å². The highest BCUT2D eigenvalue weighted by Crippen LogP contribution is 2.23. The molecule has 9 nitrogen and oxygen atoms in total. The quantitative estimate of drug-likeness (QED) is 0.574. The summed E-state index contributed by atoms with van der Waals surface area (Å²) < 4.78 is 0. The first-order valence-electron chi connectivity index (χ1n) is 12.5. The van der Waals surface area contributed by atoms with Crippen LogP contribution >= 0.6 is 0 Å². The van der Waals surface area contributed by atoms with Gasteiger partial charge in [0.05, 0.1) is 12.2 Å². The number of nitrogens with zero attached hydrogens (tertiary/aromatic N) is 6. The van der Waals surface area contributed by atoms with Crippen molar-refractivity contribution in [2.45, 2.75) is 19.8 Å². The van der Waals surface area contributed by atoms with Gasteiger partial charge >= 0.3 is 0 Å². The highest BCUT2D eigenvalue weighted by atomic mass is 16.2. The van der Waals surface area contributed by atoms with Crippen molar-refractivity contribution in [2.24, 2.45) is 0 Å². The van der Waals surface area contributed by atoms with Crippen LogP contribution in [0.1, 0.15) is 28.8 Å². The molecule has 2 aliphatic heterocycles. The number of carbonyl (C=O) groups is 2. The summed E-state index contributed by atoms with van der Waals surface area (Å²) >= 11 is 0. The van der Waals surface area contributed by atoms with Crippen molar-refractivity contribution in [3.63, 3.8) is 0 Å². The van der Waals surface area contributed by atoms with Crippen molar-refractivity contribution < 1.29 is 9.59 Å². The predicted molar refractivity (Wildman–Crippen MR) is 138 cm³/mol. The molecule has 0 spiro atoms. The van der Waals surface area contributed by atoms with Crippen LogP contribution in [-0.2, 0) is 4.79 Å². The number of rotatable bonds is 6. The van der Waals surface area contributed by atoms with Gasteiger partial charge in [-0.2, -0.15) is 0 Å². The van der Waals surface area contributed by atoms with E-state index >= 15 is 0 Å². The molecule has 2 saturated heterocycles. The lowest BCUT2D eigenvalue weighted by atomic mass is 10.1. The number of piperazine rings is 1. The number of hydrogen-bond donors (Lipinski definition) is 1. The number of aromatic nitrogens is 3. The van der Waals surface area contributed by atoms with E-state index in [4.69, 9.17) is 0 Å². The lowest BCUT2D eigenvalue weighted by Crippen LogP contribution is -2.51. The molecule has 0 bridgehead atoms. The molecule has 0 radical (unpaired) electrons. The Labute approximate surface area is 211 Å². The van der Waals surface area contributed by atoms with Gasteiger partial charge in [0.15, 0.2) is 0 Å². The molecule has 1 N–H and O–H groups in total. The Morgan fingerprint density at radius 1 is 0.944 bits per heavy atom. The topological polar surface area (TPSA) is 94.6 Å². The smallest absolute Gasteiger partial charge is 0.254 e. The van der Waals surface area contributed by atoms with Gasteiger partial charge < -0.3 is 15.1 Å². The number of nitrogens with one attached hydrogen (secondary N) is 1. The van der Waals surface area contributed by atoms with Crippen LogP contribution in [0.25, 0.3) is 11.3 Å². The minimum absolute atomic E-state index is 0.00593. The summed E-state index contributed by atoms with van der Waals surface area (Å²) in [5.41, 5.74) is 4.08. The molecular formula is C27H31N7O2. The van der Waals surface area contributed by atoms with E-state index in [1.54, 1.807) is 18.6 Å². The summed E-state index contributed by atoms with van der Waals surface area (Å²) in [6.07, 6.45) is 7.39. The number of carbonyl (C=O) groups excluding carboxylic acids is 2. The van der Waals surface area contributed by atoms with Gasteiger partial charge in [0.2, 0.25) is 11.9 Å². The molecule has 5 rings (SSSR count). The number of benzene rings is 1. The van der Waals surface area contributed by atoms with Crippen LogP contribution < -0.4 is 5.32 Å². The third kappa shape index (κ3) is 5.52. The third-order valence-corrected chi connectivity index (χ3v) is 6.82. The van der Waals surface area contributed by atoms with E-state index in [-0.39, 0.29) is 11.8 Å². The average Bonchev–Trinajstić information content (AvgIpc) is 3.46. The lowest BCUT2D eigenvalue weighted by Gasteiger charge is -2.35. The molecule has 2 amide bonds. The van der Waals surface area contributed by atoms with Crippen molar-refractivity contribution >= 4 is 23.5 Å².